The Labute approximate surface area is 85.0 Å². The molecule has 0 bridgehead atoms. The molecule has 1 fully saturated rings. The minimum atomic E-state index is 0.357. The summed E-state index contributed by atoms with van der Waals surface area (Å²) in [5, 5.41) is 12.8. The van der Waals surface area contributed by atoms with Gasteiger partial charge in [-0.1, -0.05) is 25.0 Å². The molecule has 2 heteroatoms. The lowest BCUT2D eigenvalue weighted by Gasteiger charge is -2.11. The van der Waals surface area contributed by atoms with E-state index >= 15 is 0 Å². The molecule has 0 saturated heterocycles. The molecule has 0 spiro atoms. The molecule has 1 aromatic rings. The van der Waals surface area contributed by atoms with Gasteiger partial charge in [-0.3, -0.25) is 0 Å². The van der Waals surface area contributed by atoms with Crippen LogP contribution in [0.5, 0.6) is 5.75 Å². The van der Waals surface area contributed by atoms with Crippen molar-refractivity contribution in [1.29, 1.82) is 0 Å². The quantitative estimate of drug-likeness (QED) is 0.769. The summed E-state index contributed by atoms with van der Waals surface area (Å²) in [7, 11) is 0. The first-order chi connectivity index (χ1) is 6.84. The second-order valence-electron chi connectivity index (χ2n) is 4.03. The predicted octanol–water partition coefficient (Wildman–Crippen LogP) is 2.42. The molecule has 76 valence electrons. The van der Waals surface area contributed by atoms with Crippen LogP contribution in [0.4, 0.5) is 0 Å². The summed E-state index contributed by atoms with van der Waals surface area (Å²) in [6.07, 6.45) is 5.33. The van der Waals surface area contributed by atoms with E-state index in [0.29, 0.717) is 11.8 Å². The van der Waals surface area contributed by atoms with E-state index in [1.54, 1.807) is 6.07 Å². The van der Waals surface area contributed by atoms with Crippen LogP contribution in [0.1, 0.15) is 31.2 Å². The van der Waals surface area contributed by atoms with Gasteiger partial charge < -0.3 is 10.4 Å². The molecular formula is C12H17NO. The number of hydrogen-bond donors (Lipinski definition) is 2. The summed E-state index contributed by atoms with van der Waals surface area (Å²) in [4.78, 5) is 0. The first-order valence-corrected chi connectivity index (χ1v) is 5.36. The van der Waals surface area contributed by atoms with Crippen molar-refractivity contribution in [3.8, 4) is 5.75 Å². The highest BCUT2D eigenvalue weighted by atomic mass is 16.3. The third-order valence-electron chi connectivity index (χ3n) is 2.86. The van der Waals surface area contributed by atoms with Crippen molar-refractivity contribution in [2.75, 3.05) is 0 Å². The average Bonchev–Trinajstić information content (AvgIpc) is 2.67. The number of aromatic hydroxyl groups is 1. The smallest absolute Gasteiger partial charge is 0.115 e. The Morgan fingerprint density at radius 2 is 2.07 bits per heavy atom. The minimum absolute atomic E-state index is 0.357. The Bertz CT molecular complexity index is 292. The lowest BCUT2D eigenvalue weighted by Crippen LogP contribution is -2.25. The molecule has 1 aliphatic rings. The number of rotatable bonds is 3. The third kappa shape index (κ3) is 2.48. The molecule has 1 aliphatic carbocycles. The molecule has 14 heavy (non-hydrogen) atoms. The monoisotopic (exact) mass is 191 g/mol. The Balaban J connectivity index is 1.85. The summed E-state index contributed by atoms with van der Waals surface area (Å²) in [5.74, 6) is 0.357. The van der Waals surface area contributed by atoms with Gasteiger partial charge in [0, 0.05) is 12.6 Å². The van der Waals surface area contributed by atoms with Crippen molar-refractivity contribution in [1.82, 2.24) is 5.32 Å². The molecule has 2 rings (SSSR count). The van der Waals surface area contributed by atoms with Crippen molar-refractivity contribution in [2.45, 2.75) is 38.3 Å². The van der Waals surface area contributed by atoms with Gasteiger partial charge in [-0.15, -0.1) is 0 Å². The SMILES string of the molecule is Oc1cccc(CNC2CCCC2)c1. The molecule has 0 aliphatic heterocycles. The highest BCUT2D eigenvalue weighted by Gasteiger charge is 2.13. The zero-order chi connectivity index (χ0) is 9.80. The Morgan fingerprint density at radius 3 is 2.79 bits per heavy atom. The summed E-state index contributed by atoms with van der Waals surface area (Å²) in [6.45, 7) is 0.874. The van der Waals surface area contributed by atoms with Crippen LogP contribution in [0.25, 0.3) is 0 Å². The van der Waals surface area contributed by atoms with Crippen LogP contribution in [0.3, 0.4) is 0 Å². The van der Waals surface area contributed by atoms with Crippen LogP contribution in [0.15, 0.2) is 24.3 Å². The second-order valence-corrected chi connectivity index (χ2v) is 4.03. The maximum absolute atomic E-state index is 9.28. The van der Waals surface area contributed by atoms with Crippen LogP contribution < -0.4 is 5.32 Å². The molecular weight excluding hydrogens is 174 g/mol. The fourth-order valence-electron chi connectivity index (χ4n) is 2.06. The lowest BCUT2D eigenvalue weighted by molar-refractivity contribution is 0.472. The van der Waals surface area contributed by atoms with Gasteiger partial charge in [0.05, 0.1) is 0 Å². The van der Waals surface area contributed by atoms with Gasteiger partial charge in [-0.2, -0.15) is 0 Å². The fourth-order valence-corrected chi connectivity index (χ4v) is 2.06. The van der Waals surface area contributed by atoms with E-state index in [0.717, 1.165) is 12.1 Å². The topological polar surface area (TPSA) is 32.3 Å². The molecule has 1 aromatic carbocycles. The van der Waals surface area contributed by atoms with Crippen LogP contribution in [0, 0.1) is 0 Å². The lowest BCUT2D eigenvalue weighted by atomic mass is 10.2. The van der Waals surface area contributed by atoms with Gasteiger partial charge in [0.2, 0.25) is 0 Å². The molecule has 0 amide bonds. The molecule has 0 heterocycles. The predicted molar refractivity (Wildman–Crippen MR) is 57.2 cm³/mol. The van der Waals surface area contributed by atoms with E-state index in [-0.39, 0.29) is 0 Å². The Kier molecular flexibility index (Phi) is 3.04. The van der Waals surface area contributed by atoms with E-state index in [1.165, 1.54) is 25.7 Å². The van der Waals surface area contributed by atoms with E-state index in [2.05, 4.69) is 5.32 Å². The summed E-state index contributed by atoms with van der Waals surface area (Å²) in [6, 6.07) is 8.15. The van der Waals surface area contributed by atoms with Gasteiger partial charge in [-0.25, -0.2) is 0 Å². The van der Waals surface area contributed by atoms with Crippen LogP contribution in [-0.4, -0.2) is 11.1 Å². The summed E-state index contributed by atoms with van der Waals surface area (Å²) >= 11 is 0. The van der Waals surface area contributed by atoms with E-state index in [1.807, 2.05) is 18.2 Å². The maximum Gasteiger partial charge on any atom is 0.115 e. The first kappa shape index (κ1) is 9.53. The van der Waals surface area contributed by atoms with Crippen molar-refractivity contribution in [2.24, 2.45) is 0 Å². The van der Waals surface area contributed by atoms with Crippen LogP contribution in [-0.2, 0) is 6.54 Å². The van der Waals surface area contributed by atoms with Crippen molar-refractivity contribution in [3.05, 3.63) is 29.8 Å². The zero-order valence-corrected chi connectivity index (χ0v) is 8.37. The van der Waals surface area contributed by atoms with Gasteiger partial charge in [0.15, 0.2) is 0 Å². The largest absolute Gasteiger partial charge is 0.508 e. The Hall–Kier alpha value is -1.02. The first-order valence-electron chi connectivity index (χ1n) is 5.36. The van der Waals surface area contributed by atoms with Gasteiger partial charge in [0.25, 0.3) is 0 Å². The van der Waals surface area contributed by atoms with Crippen molar-refractivity contribution >= 4 is 0 Å². The standard InChI is InChI=1S/C12H17NO/c14-12-7-3-4-10(8-12)9-13-11-5-1-2-6-11/h3-4,7-8,11,13-14H,1-2,5-6,9H2. The van der Waals surface area contributed by atoms with Gasteiger partial charge >= 0.3 is 0 Å². The minimum Gasteiger partial charge on any atom is -0.508 e. The van der Waals surface area contributed by atoms with Crippen molar-refractivity contribution in [3.63, 3.8) is 0 Å². The highest BCUT2D eigenvalue weighted by Crippen LogP contribution is 2.18. The second kappa shape index (κ2) is 4.47. The maximum atomic E-state index is 9.28. The summed E-state index contributed by atoms with van der Waals surface area (Å²) in [5.41, 5.74) is 1.16. The number of nitrogens with one attached hydrogen (secondary N) is 1. The molecule has 2 nitrogen and oxygen atoms in total. The molecule has 2 N–H and O–H groups in total. The number of benzene rings is 1. The molecule has 1 saturated carbocycles. The Morgan fingerprint density at radius 1 is 1.29 bits per heavy atom. The fraction of sp³-hybridized carbons (Fsp3) is 0.500. The number of phenolic OH excluding ortho intramolecular Hbond substituents is 1. The molecule has 0 unspecified atom stereocenters. The molecule has 0 aromatic heterocycles. The average molecular weight is 191 g/mol. The van der Waals surface area contributed by atoms with E-state index in [9.17, 15) is 5.11 Å². The normalized spacial score (nSPS) is 17.4. The van der Waals surface area contributed by atoms with Crippen LogP contribution in [0.2, 0.25) is 0 Å². The van der Waals surface area contributed by atoms with E-state index in [4.69, 9.17) is 0 Å². The third-order valence-corrected chi connectivity index (χ3v) is 2.86. The highest BCUT2D eigenvalue weighted by molar-refractivity contribution is 5.26. The molecule has 0 atom stereocenters. The number of hydrogen-bond acceptors (Lipinski definition) is 2. The molecule has 0 radical (unpaired) electrons. The van der Waals surface area contributed by atoms with E-state index < -0.39 is 0 Å². The van der Waals surface area contributed by atoms with Gasteiger partial charge in [0.1, 0.15) is 5.75 Å². The zero-order valence-electron chi connectivity index (χ0n) is 8.37. The summed E-state index contributed by atoms with van der Waals surface area (Å²) < 4.78 is 0. The number of phenols is 1. The van der Waals surface area contributed by atoms with Crippen LogP contribution >= 0.6 is 0 Å². The van der Waals surface area contributed by atoms with Crippen molar-refractivity contribution < 1.29 is 5.11 Å². The van der Waals surface area contributed by atoms with Gasteiger partial charge in [-0.05, 0) is 30.5 Å².